The molecule has 0 saturated carbocycles. The number of guanidine groups is 1. The lowest BCUT2D eigenvalue weighted by Crippen LogP contribution is -2.44. The summed E-state index contributed by atoms with van der Waals surface area (Å²) in [6.07, 6.45) is 2.92. The molecule has 27 heavy (non-hydrogen) atoms. The second-order valence-electron chi connectivity index (χ2n) is 6.49. The lowest BCUT2D eigenvalue weighted by Gasteiger charge is -2.33. The Labute approximate surface area is 183 Å². The van der Waals surface area contributed by atoms with Crippen molar-refractivity contribution in [3.05, 3.63) is 46.3 Å². The van der Waals surface area contributed by atoms with E-state index in [2.05, 4.69) is 67.1 Å². The van der Waals surface area contributed by atoms with Crippen LogP contribution in [0, 0.1) is 0 Å². The fourth-order valence-electron chi connectivity index (χ4n) is 2.94. The molecule has 0 atom stereocenters. The van der Waals surface area contributed by atoms with Gasteiger partial charge in [-0.25, -0.2) is 4.98 Å². The van der Waals surface area contributed by atoms with Gasteiger partial charge in [0.25, 0.3) is 0 Å². The number of rotatable bonds is 6. The average molecular weight is 500 g/mol. The van der Waals surface area contributed by atoms with Crippen LogP contribution in [0.5, 0.6) is 0 Å². The molecule has 1 saturated heterocycles. The summed E-state index contributed by atoms with van der Waals surface area (Å²) in [7, 11) is 3.98. The normalized spacial score (nSPS) is 15.3. The number of piperazine rings is 1. The largest absolute Gasteiger partial charge is 0.356 e. The van der Waals surface area contributed by atoms with Crippen molar-refractivity contribution in [2.75, 3.05) is 51.7 Å². The molecule has 0 unspecified atom stereocenters. The van der Waals surface area contributed by atoms with E-state index >= 15 is 0 Å². The fourth-order valence-corrected chi connectivity index (χ4v) is 3.65. The van der Waals surface area contributed by atoms with Crippen LogP contribution in [0.2, 0.25) is 0 Å². The van der Waals surface area contributed by atoms with Crippen LogP contribution in [0.4, 0.5) is 5.82 Å². The highest BCUT2D eigenvalue weighted by Crippen LogP contribution is 2.14. The second kappa shape index (κ2) is 11.5. The van der Waals surface area contributed by atoms with Crippen LogP contribution in [0.25, 0.3) is 0 Å². The Kier molecular flexibility index (Phi) is 9.29. The Balaban J connectivity index is 0.00000261. The molecule has 0 aromatic carbocycles. The summed E-state index contributed by atoms with van der Waals surface area (Å²) in [5, 5.41) is 8.88. The quantitative estimate of drug-likeness (QED) is 0.363. The first kappa shape index (κ1) is 21.9. The van der Waals surface area contributed by atoms with E-state index < -0.39 is 0 Å². The highest BCUT2D eigenvalue weighted by Gasteiger charge is 2.15. The number of aliphatic imine (C=N–C) groups is 1. The van der Waals surface area contributed by atoms with Gasteiger partial charge in [-0.1, -0.05) is 6.07 Å². The van der Waals surface area contributed by atoms with Crippen LogP contribution in [0.3, 0.4) is 0 Å². The van der Waals surface area contributed by atoms with E-state index in [4.69, 9.17) is 0 Å². The molecule has 3 heterocycles. The zero-order valence-corrected chi connectivity index (χ0v) is 19.2. The van der Waals surface area contributed by atoms with Gasteiger partial charge in [0, 0.05) is 57.4 Å². The average Bonchev–Trinajstić information content (AvgIpc) is 3.19. The van der Waals surface area contributed by atoms with Gasteiger partial charge < -0.3 is 20.4 Å². The first-order chi connectivity index (χ1) is 12.7. The fraction of sp³-hybridized carbons (Fsp3) is 0.474. The predicted molar refractivity (Wildman–Crippen MR) is 126 cm³/mol. The molecular formula is C19H29IN6S. The number of pyridine rings is 1. The summed E-state index contributed by atoms with van der Waals surface area (Å²) in [4.78, 5) is 15.0. The molecule has 2 aromatic heterocycles. The van der Waals surface area contributed by atoms with Crippen molar-refractivity contribution in [1.82, 2.24) is 20.5 Å². The molecule has 0 spiro atoms. The van der Waals surface area contributed by atoms with Crippen LogP contribution in [-0.4, -0.2) is 62.7 Å². The van der Waals surface area contributed by atoms with Crippen molar-refractivity contribution >= 4 is 47.1 Å². The van der Waals surface area contributed by atoms with E-state index in [0.29, 0.717) is 0 Å². The van der Waals surface area contributed by atoms with E-state index in [1.807, 2.05) is 13.2 Å². The minimum Gasteiger partial charge on any atom is -0.356 e. The number of halogens is 1. The van der Waals surface area contributed by atoms with Gasteiger partial charge >= 0.3 is 0 Å². The lowest BCUT2D eigenvalue weighted by molar-refractivity contribution is 0.312. The monoisotopic (exact) mass is 500 g/mol. The Morgan fingerprint density at radius 1 is 1.22 bits per heavy atom. The molecular weight excluding hydrogens is 471 g/mol. The zero-order valence-electron chi connectivity index (χ0n) is 16.0. The van der Waals surface area contributed by atoms with Gasteiger partial charge in [0.15, 0.2) is 5.96 Å². The van der Waals surface area contributed by atoms with Gasteiger partial charge in [-0.05, 0) is 42.6 Å². The van der Waals surface area contributed by atoms with Gasteiger partial charge in [0.05, 0.1) is 0 Å². The maximum absolute atomic E-state index is 4.55. The number of likely N-dealkylation sites (N-methyl/N-ethyl adjacent to an activating group) is 1. The van der Waals surface area contributed by atoms with Crippen molar-refractivity contribution in [2.24, 2.45) is 4.99 Å². The number of nitrogens with one attached hydrogen (secondary N) is 2. The summed E-state index contributed by atoms with van der Waals surface area (Å²) in [5.74, 6) is 1.90. The summed E-state index contributed by atoms with van der Waals surface area (Å²) < 4.78 is 0. The maximum atomic E-state index is 4.55. The smallest absolute Gasteiger partial charge is 0.191 e. The molecule has 0 radical (unpaired) electrons. The molecule has 1 aliphatic heterocycles. The minimum absolute atomic E-state index is 0. The van der Waals surface area contributed by atoms with Crippen molar-refractivity contribution in [3.63, 3.8) is 0 Å². The van der Waals surface area contributed by atoms with Crippen molar-refractivity contribution < 1.29 is 0 Å². The number of aromatic nitrogens is 1. The second-order valence-corrected chi connectivity index (χ2v) is 7.53. The number of hydrogen-bond acceptors (Lipinski definition) is 5. The van der Waals surface area contributed by atoms with Gasteiger partial charge in [-0.15, -0.1) is 35.3 Å². The van der Waals surface area contributed by atoms with E-state index in [0.717, 1.165) is 57.5 Å². The van der Waals surface area contributed by atoms with Gasteiger partial charge in [-0.2, -0.15) is 0 Å². The van der Waals surface area contributed by atoms with E-state index in [9.17, 15) is 0 Å². The summed E-state index contributed by atoms with van der Waals surface area (Å²) in [6, 6.07) is 8.50. The summed E-state index contributed by atoms with van der Waals surface area (Å²) >= 11 is 1.79. The first-order valence-corrected chi connectivity index (χ1v) is 9.98. The highest BCUT2D eigenvalue weighted by atomic mass is 127. The zero-order chi connectivity index (χ0) is 18.2. The Morgan fingerprint density at radius 3 is 2.74 bits per heavy atom. The van der Waals surface area contributed by atoms with Crippen LogP contribution < -0.4 is 15.5 Å². The molecule has 2 N–H and O–H groups in total. The first-order valence-electron chi connectivity index (χ1n) is 9.10. The van der Waals surface area contributed by atoms with E-state index in [1.165, 1.54) is 10.4 Å². The molecule has 3 rings (SSSR count). The third-order valence-corrected chi connectivity index (χ3v) is 5.50. The molecule has 6 nitrogen and oxygen atoms in total. The Bertz CT molecular complexity index is 698. The van der Waals surface area contributed by atoms with Crippen molar-refractivity contribution in [1.29, 1.82) is 0 Å². The van der Waals surface area contributed by atoms with Gasteiger partial charge in [0.2, 0.25) is 0 Å². The number of nitrogens with zero attached hydrogens (tertiary/aromatic N) is 4. The molecule has 0 aliphatic carbocycles. The molecule has 1 fully saturated rings. The molecule has 2 aromatic rings. The number of thiophene rings is 1. The van der Waals surface area contributed by atoms with Gasteiger partial charge in [-0.3, -0.25) is 4.99 Å². The van der Waals surface area contributed by atoms with Crippen LogP contribution >= 0.6 is 35.3 Å². The number of anilines is 1. The summed E-state index contributed by atoms with van der Waals surface area (Å²) in [6.45, 7) is 5.86. The van der Waals surface area contributed by atoms with Crippen molar-refractivity contribution in [3.8, 4) is 0 Å². The van der Waals surface area contributed by atoms with Crippen molar-refractivity contribution in [2.45, 2.75) is 13.0 Å². The summed E-state index contributed by atoms with van der Waals surface area (Å²) in [5.41, 5.74) is 1.22. The van der Waals surface area contributed by atoms with Crippen LogP contribution in [-0.2, 0) is 13.0 Å². The lowest BCUT2D eigenvalue weighted by atomic mass is 10.2. The van der Waals surface area contributed by atoms with E-state index in [1.54, 1.807) is 11.3 Å². The minimum atomic E-state index is 0. The van der Waals surface area contributed by atoms with E-state index in [-0.39, 0.29) is 24.0 Å². The highest BCUT2D eigenvalue weighted by molar-refractivity contribution is 14.0. The number of hydrogen-bond donors (Lipinski definition) is 2. The molecule has 0 amide bonds. The Hall–Kier alpha value is -1.39. The third kappa shape index (κ3) is 6.93. The SMILES string of the molecule is CN=C(NCCc1cccs1)NCc1ccnc(N2CCN(C)CC2)c1.I. The molecule has 1 aliphatic rings. The molecule has 0 bridgehead atoms. The molecule has 148 valence electrons. The molecule has 8 heteroatoms. The topological polar surface area (TPSA) is 55.8 Å². The van der Waals surface area contributed by atoms with Gasteiger partial charge in [0.1, 0.15) is 5.82 Å². The van der Waals surface area contributed by atoms with Crippen LogP contribution in [0.1, 0.15) is 10.4 Å². The standard InChI is InChI=1S/C19H28N6S.HI/c1-20-19(22-8-6-17-4-3-13-26-17)23-15-16-5-7-21-18(14-16)25-11-9-24(2)10-12-25;/h3-5,7,13-14H,6,8-12,15H2,1-2H3,(H2,20,22,23);1H. The third-order valence-electron chi connectivity index (χ3n) is 4.56. The Morgan fingerprint density at radius 2 is 2.04 bits per heavy atom. The predicted octanol–water partition coefficient (Wildman–Crippen LogP) is 2.42. The maximum Gasteiger partial charge on any atom is 0.191 e. The van der Waals surface area contributed by atoms with Crippen LogP contribution in [0.15, 0.2) is 40.8 Å².